The maximum atomic E-state index is 11.5. The molecule has 1 N–H and O–H groups in total. The number of likely N-dealkylation sites (tertiary alicyclic amines) is 1. The molecular formula is C12H22N2O. The average molecular weight is 210 g/mol. The molecule has 86 valence electrons. The van der Waals surface area contributed by atoms with Crippen LogP contribution in [-0.4, -0.2) is 36.5 Å². The normalized spacial score (nSPS) is 25.4. The molecule has 1 spiro atoms. The lowest BCUT2D eigenvalue weighted by molar-refractivity contribution is -0.144. The Bertz CT molecular complexity index is 240. The van der Waals surface area contributed by atoms with Gasteiger partial charge in [0.2, 0.25) is 5.91 Å². The number of amides is 1. The summed E-state index contributed by atoms with van der Waals surface area (Å²) in [6.45, 7) is 7.66. The average Bonchev–Trinajstić information content (AvgIpc) is 2.30. The van der Waals surface area contributed by atoms with E-state index in [0.717, 1.165) is 38.5 Å². The summed E-state index contributed by atoms with van der Waals surface area (Å²) in [7, 11) is 0. The molecule has 3 nitrogen and oxygen atoms in total. The molecule has 2 heterocycles. The van der Waals surface area contributed by atoms with E-state index in [1.54, 1.807) is 0 Å². The molecule has 0 bridgehead atoms. The van der Waals surface area contributed by atoms with Crippen LogP contribution in [0.4, 0.5) is 0 Å². The Morgan fingerprint density at radius 1 is 1.33 bits per heavy atom. The van der Waals surface area contributed by atoms with Gasteiger partial charge >= 0.3 is 0 Å². The third-order valence-electron chi connectivity index (χ3n) is 4.28. The largest absolute Gasteiger partial charge is 0.354 e. The molecular weight excluding hydrogens is 188 g/mol. The fourth-order valence-electron chi connectivity index (χ4n) is 2.94. The minimum atomic E-state index is 0.0303. The summed E-state index contributed by atoms with van der Waals surface area (Å²) in [4.78, 5) is 14.1. The maximum Gasteiger partial charge on any atom is 0.228 e. The first-order valence-corrected chi connectivity index (χ1v) is 6.24. The van der Waals surface area contributed by atoms with Gasteiger partial charge in [-0.25, -0.2) is 0 Å². The van der Waals surface area contributed by atoms with E-state index in [9.17, 15) is 4.79 Å². The van der Waals surface area contributed by atoms with E-state index in [0.29, 0.717) is 5.91 Å². The van der Waals surface area contributed by atoms with Gasteiger partial charge in [-0.2, -0.15) is 0 Å². The second-order valence-electron chi connectivity index (χ2n) is 4.97. The molecule has 0 aromatic heterocycles. The number of β-lactam (4-membered cyclic amide) rings is 1. The van der Waals surface area contributed by atoms with E-state index in [1.807, 2.05) is 0 Å². The van der Waals surface area contributed by atoms with Gasteiger partial charge < -0.3 is 10.2 Å². The van der Waals surface area contributed by atoms with Gasteiger partial charge in [-0.3, -0.25) is 4.79 Å². The van der Waals surface area contributed by atoms with Crippen LogP contribution >= 0.6 is 0 Å². The molecule has 3 heteroatoms. The molecule has 15 heavy (non-hydrogen) atoms. The van der Waals surface area contributed by atoms with E-state index in [2.05, 4.69) is 24.1 Å². The van der Waals surface area contributed by atoms with Crippen molar-refractivity contribution in [3.63, 3.8) is 0 Å². The van der Waals surface area contributed by atoms with Crippen molar-refractivity contribution in [2.45, 2.75) is 45.6 Å². The highest BCUT2D eigenvalue weighted by molar-refractivity contribution is 5.88. The van der Waals surface area contributed by atoms with Crippen LogP contribution < -0.4 is 5.32 Å². The first-order valence-electron chi connectivity index (χ1n) is 6.24. The summed E-state index contributed by atoms with van der Waals surface area (Å²) < 4.78 is 0. The molecule has 0 aliphatic carbocycles. The lowest BCUT2D eigenvalue weighted by atomic mass is 9.72. The number of carbonyl (C=O) groups is 1. The number of nitrogens with zero attached hydrogens (tertiary/aromatic N) is 1. The predicted octanol–water partition coefficient (Wildman–Crippen LogP) is 1.39. The van der Waals surface area contributed by atoms with Gasteiger partial charge in [0.1, 0.15) is 0 Å². The van der Waals surface area contributed by atoms with Crippen molar-refractivity contribution in [2.24, 2.45) is 5.41 Å². The zero-order valence-corrected chi connectivity index (χ0v) is 9.88. The molecule has 0 saturated carbocycles. The standard InChI is InChI=1S/C12H22N2O/c1-3-10(4-2)14-7-5-12(6-8-14)9-13-11(12)15/h10H,3-9H2,1-2H3,(H,13,15). The Hall–Kier alpha value is -0.570. The topological polar surface area (TPSA) is 32.3 Å². The summed E-state index contributed by atoms with van der Waals surface area (Å²) in [5.41, 5.74) is 0.0303. The zero-order valence-electron chi connectivity index (χ0n) is 9.88. The van der Waals surface area contributed by atoms with Crippen molar-refractivity contribution >= 4 is 5.91 Å². The number of nitrogens with one attached hydrogen (secondary N) is 1. The van der Waals surface area contributed by atoms with E-state index >= 15 is 0 Å². The third kappa shape index (κ3) is 1.78. The number of piperidine rings is 1. The summed E-state index contributed by atoms with van der Waals surface area (Å²) >= 11 is 0. The molecule has 2 fully saturated rings. The van der Waals surface area contributed by atoms with Crippen molar-refractivity contribution in [3.05, 3.63) is 0 Å². The molecule has 1 amide bonds. The second kappa shape index (κ2) is 4.12. The van der Waals surface area contributed by atoms with E-state index in [4.69, 9.17) is 0 Å². The van der Waals surface area contributed by atoms with Crippen LogP contribution in [0.2, 0.25) is 0 Å². The lowest BCUT2D eigenvalue weighted by Crippen LogP contribution is -2.63. The molecule has 2 rings (SSSR count). The van der Waals surface area contributed by atoms with Crippen LogP contribution in [0.3, 0.4) is 0 Å². The van der Waals surface area contributed by atoms with Gasteiger partial charge in [0.05, 0.1) is 5.41 Å². The quantitative estimate of drug-likeness (QED) is 0.714. The minimum absolute atomic E-state index is 0.0303. The maximum absolute atomic E-state index is 11.5. The van der Waals surface area contributed by atoms with E-state index in [1.165, 1.54) is 12.8 Å². The van der Waals surface area contributed by atoms with Crippen LogP contribution in [0.1, 0.15) is 39.5 Å². The van der Waals surface area contributed by atoms with Gasteiger partial charge in [0, 0.05) is 12.6 Å². The first-order chi connectivity index (χ1) is 7.22. The van der Waals surface area contributed by atoms with Gasteiger partial charge in [-0.1, -0.05) is 13.8 Å². The summed E-state index contributed by atoms with van der Waals surface area (Å²) in [5.74, 6) is 0.298. The molecule has 0 atom stereocenters. The van der Waals surface area contributed by atoms with Gasteiger partial charge in [-0.15, -0.1) is 0 Å². The predicted molar refractivity (Wildman–Crippen MR) is 60.6 cm³/mol. The Morgan fingerprint density at radius 2 is 1.93 bits per heavy atom. The molecule has 2 aliphatic heterocycles. The van der Waals surface area contributed by atoms with Crippen molar-refractivity contribution in [1.82, 2.24) is 10.2 Å². The Balaban J connectivity index is 1.89. The molecule has 0 radical (unpaired) electrons. The van der Waals surface area contributed by atoms with E-state index < -0.39 is 0 Å². The van der Waals surface area contributed by atoms with Crippen molar-refractivity contribution < 1.29 is 4.79 Å². The summed E-state index contributed by atoms with van der Waals surface area (Å²) in [5, 5.41) is 2.88. The number of hydrogen-bond donors (Lipinski definition) is 1. The van der Waals surface area contributed by atoms with E-state index in [-0.39, 0.29) is 5.41 Å². The van der Waals surface area contributed by atoms with Gasteiger partial charge in [-0.05, 0) is 38.8 Å². The van der Waals surface area contributed by atoms with Crippen LogP contribution in [0.25, 0.3) is 0 Å². The zero-order chi connectivity index (χ0) is 10.9. The minimum Gasteiger partial charge on any atom is -0.354 e. The highest BCUT2D eigenvalue weighted by atomic mass is 16.2. The molecule has 0 aromatic carbocycles. The smallest absolute Gasteiger partial charge is 0.228 e. The van der Waals surface area contributed by atoms with Crippen molar-refractivity contribution in [1.29, 1.82) is 0 Å². The lowest BCUT2D eigenvalue weighted by Gasteiger charge is -2.48. The van der Waals surface area contributed by atoms with Gasteiger partial charge in [0.25, 0.3) is 0 Å². The fraction of sp³-hybridized carbons (Fsp3) is 0.917. The third-order valence-corrected chi connectivity index (χ3v) is 4.28. The van der Waals surface area contributed by atoms with Crippen molar-refractivity contribution in [2.75, 3.05) is 19.6 Å². The Kier molecular flexibility index (Phi) is 3.01. The Labute approximate surface area is 92.2 Å². The second-order valence-corrected chi connectivity index (χ2v) is 4.97. The number of rotatable bonds is 3. The van der Waals surface area contributed by atoms with Crippen LogP contribution in [0.5, 0.6) is 0 Å². The monoisotopic (exact) mass is 210 g/mol. The molecule has 2 saturated heterocycles. The van der Waals surface area contributed by atoms with Gasteiger partial charge in [0.15, 0.2) is 0 Å². The van der Waals surface area contributed by atoms with Crippen molar-refractivity contribution in [3.8, 4) is 0 Å². The molecule has 0 aromatic rings. The highest BCUT2D eigenvalue weighted by Crippen LogP contribution is 2.37. The number of hydrogen-bond acceptors (Lipinski definition) is 2. The molecule has 2 aliphatic rings. The Morgan fingerprint density at radius 3 is 2.27 bits per heavy atom. The highest BCUT2D eigenvalue weighted by Gasteiger charge is 2.48. The summed E-state index contributed by atoms with van der Waals surface area (Å²) in [6.07, 6.45) is 4.59. The van der Waals surface area contributed by atoms with Crippen LogP contribution in [-0.2, 0) is 4.79 Å². The number of carbonyl (C=O) groups excluding carboxylic acids is 1. The first kappa shape index (κ1) is 10.9. The molecule has 0 unspecified atom stereocenters. The fourth-order valence-corrected chi connectivity index (χ4v) is 2.94. The SMILES string of the molecule is CCC(CC)N1CCC2(CC1)CNC2=O. The summed E-state index contributed by atoms with van der Waals surface area (Å²) in [6, 6.07) is 0.727. The van der Waals surface area contributed by atoms with Crippen LogP contribution in [0, 0.1) is 5.41 Å². The van der Waals surface area contributed by atoms with Crippen LogP contribution in [0.15, 0.2) is 0 Å².